The summed E-state index contributed by atoms with van der Waals surface area (Å²) in [5.74, 6) is -0.0787. The first-order valence-electron chi connectivity index (χ1n) is 5.86. The van der Waals surface area contributed by atoms with Gasteiger partial charge in [-0.15, -0.1) is 0 Å². The molecule has 17 heavy (non-hydrogen) atoms. The fourth-order valence-corrected chi connectivity index (χ4v) is 2.22. The quantitative estimate of drug-likeness (QED) is 0.848. The molecule has 1 aliphatic rings. The van der Waals surface area contributed by atoms with Crippen LogP contribution >= 0.6 is 15.9 Å². The Morgan fingerprint density at radius 3 is 2.88 bits per heavy atom. The minimum atomic E-state index is -0.773. The predicted molar refractivity (Wildman–Crippen MR) is 70.0 cm³/mol. The lowest BCUT2D eigenvalue weighted by atomic mass is 10.1. The maximum Gasteiger partial charge on any atom is 0.321 e. The molecule has 1 aromatic rings. The third-order valence-electron chi connectivity index (χ3n) is 2.98. The summed E-state index contributed by atoms with van der Waals surface area (Å²) in [6, 6.07) is 7.31. The molecule has 0 unspecified atom stereocenters. The molecule has 1 saturated carbocycles. The molecule has 92 valence electrons. The molecule has 1 atom stereocenters. The maximum atomic E-state index is 11.1. The van der Waals surface area contributed by atoms with E-state index in [1.54, 1.807) is 0 Å². The first-order valence-corrected chi connectivity index (χ1v) is 6.65. The smallest absolute Gasteiger partial charge is 0.321 e. The van der Waals surface area contributed by atoms with Crippen molar-refractivity contribution in [3.63, 3.8) is 0 Å². The van der Waals surface area contributed by atoms with Crippen LogP contribution < -0.4 is 5.32 Å². The van der Waals surface area contributed by atoms with Crippen molar-refractivity contribution in [1.82, 2.24) is 5.32 Å². The number of hydrogen-bond acceptors (Lipinski definition) is 2. The first kappa shape index (κ1) is 12.6. The van der Waals surface area contributed by atoms with E-state index >= 15 is 0 Å². The van der Waals surface area contributed by atoms with E-state index < -0.39 is 12.0 Å². The number of rotatable bonds is 6. The fraction of sp³-hybridized carbons (Fsp3) is 0.462. The molecule has 1 aliphatic carbocycles. The summed E-state index contributed by atoms with van der Waals surface area (Å²) in [6.07, 6.45) is 2.99. The SMILES string of the molecule is O=C(O)[C@H](Cc1cccc(Br)c1)NCC1CC1. The van der Waals surface area contributed by atoms with Gasteiger partial charge in [-0.25, -0.2) is 0 Å². The van der Waals surface area contributed by atoms with E-state index in [2.05, 4.69) is 21.2 Å². The molecular formula is C13H16BrNO2. The molecule has 0 radical (unpaired) electrons. The molecule has 0 saturated heterocycles. The van der Waals surface area contributed by atoms with Crippen LogP contribution in [0.1, 0.15) is 18.4 Å². The third-order valence-corrected chi connectivity index (χ3v) is 3.47. The number of halogens is 1. The zero-order valence-corrected chi connectivity index (χ0v) is 11.1. The average Bonchev–Trinajstić information content (AvgIpc) is 3.07. The van der Waals surface area contributed by atoms with Gasteiger partial charge < -0.3 is 10.4 Å². The van der Waals surface area contributed by atoms with Crippen molar-refractivity contribution in [2.24, 2.45) is 5.92 Å². The van der Waals surface area contributed by atoms with E-state index in [9.17, 15) is 4.79 Å². The number of aliphatic carboxylic acids is 1. The topological polar surface area (TPSA) is 49.3 Å². The summed E-state index contributed by atoms with van der Waals surface area (Å²) >= 11 is 3.39. The van der Waals surface area contributed by atoms with Gasteiger partial charge in [-0.1, -0.05) is 28.1 Å². The van der Waals surface area contributed by atoms with Gasteiger partial charge in [-0.05, 0) is 49.4 Å². The van der Waals surface area contributed by atoms with Gasteiger partial charge >= 0.3 is 5.97 Å². The van der Waals surface area contributed by atoms with E-state index in [0.29, 0.717) is 12.3 Å². The highest BCUT2D eigenvalue weighted by atomic mass is 79.9. The van der Waals surface area contributed by atoms with E-state index in [0.717, 1.165) is 16.6 Å². The van der Waals surface area contributed by atoms with E-state index in [1.807, 2.05) is 24.3 Å². The normalized spacial score (nSPS) is 16.8. The highest BCUT2D eigenvalue weighted by Gasteiger charge is 2.24. The largest absolute Gasteiger partial charge is 0.480 e. The molecule has 0 bridgehead atoms. The van der Waals surface area contributed by atoms with Crippen molar-refractivity contribution in [1.29, 1.82) is 0 Å². The van der Waals surface area contributed by atoms with Crippen LogP contribution in [-0.4, -0.2) is 23.7 Å². The van der Waals surface area contributed by atoms with Crippen molar-refractivity contribution >= 4 is 21.9 Å². The summed E-state index contributed by atoms with van der Waals surface area (Å²) < 4.78 is 0.987. The molecule has 1 fully saturated rings. The lowest BCUT2D eigenvalue weighted by molar-refractivity contribution is -0.139. The number of carbonyl (C=O) groups is 1. The molecule has 3 nitrogen and oxygen atoms in total. The Balaban J connectivity index is 1.93. The van der Waals surface area contributed by atoms with Gasteiger partial charge in [-0.2, -0.15) is 0 Å². The monoisotopic (exact) mass is 297 g/mol. The van der Waals surface area contributed by atoms with Gasteiger partial charge in [0.05, 0.1) is 0 Å². The molecule has 0 aromatic heterocycles. The average molecular weight is 298 g/mol. The van der Waals surface area contributed by atoms with Crippen molar-refractivity contribution in [2.45, 2.75) is 25.3 Å². The van der Waals surface area contributed by atoms with Crippen LogP contribution in [0.5, 0.6) is 0 Å². The minimum Gasteiger partial charge on any atom is -0.480 e. The Morgan fingerprint density at radius 1 is 1.53 bits per heavy atom. The van der Waals surface area contributed by atoms with Crippen LogP contribution in [0.2, 0.25) is 0 Å². The van der Waals surface area contributed by atoms with Gasteiger partial charge in [0.25, 0.3) is 0 Å². The zero-order valence-electron chi connectivity index (χ0n) is 9.53. The molecule has 0 heterocycles. The predicted octanol–water partition coefficient (Wildman–Crippen LogP) is 2.44. The Morgan fingerprint density at radius 2 is 2.29 bits per heavy atom. The maximum absolute atomic E-state index is 11.1. The second kappa shape index (κ2) is 5.65. The van der Waals surface area contributed by atoms with Crippen molar-refractivity contribution in [3.8, 4) is 0 Å². The molecule has 0 amide bonds. The summed E-state index contributed by atoms with van der Waals surface area (Å²) in [5.41, 5.74) is 1.04. The summed E-state index contributed by atoms with van der Waals surface area (Å²) in [6.45, 7) is 0.824. The van der Waals surface area contributed by atoms with Crippen LogP contribution in [0.4, 0.5) is 0 Å². The van der Waals surface area contributed by atoms with E-state index in [4.69, 9.17) is 5.11 Å². The molecule has 2 rings (SSSR count). The highest BCUT2D eigenvalue weighted by Crippen LogP contribution is 2.27. The second-order valence-corrected chi connectivity index (χ2v) is 5.49. The van der Waals surface area contributed by atoms with Crippen LogP contribution in [0.15, 0.2) is 28.7 Å². The van der Waals surface area contributed by atoms with Crippen molar-refractivity contribution in [3.05, 3.63) is 34.3 Å². The van der Waals surface area contributed by atoms with Gasteiger partial charge in [0.1, 0.15) is 6.04 Å². The number of benzene rings is 1. The molecule has 2 N–H and O–H groups in total. The molecule has 4 heteroatoms. The van der Waals surface area contributed by atoms with Gasteiger partial charge in [0.2, 0.25) is 0 Å². The minimum absolute atomic E-state index is 0.482. The van der Waals surface area contributed by atoms with Gasteiger partial charge in [-0.3, -0.25) is 4.79 Å². The molecule has 0 aliphatic heterocycles. The van der Waals surface area contributed by atoms with Gasteiger partial charge in [0, 0.05) is 4.47 Å². The Hall–Kier alpha value is -0.870. The summed E-state index contributed by atoms with van der Waals surface area (Å²) in [5, 5.41) is 12.3. The van der Waals surface area contributed by atoms with E-state index in [-0.39, 0.29) is 0 Å². The third kappa shape index (κ3) is 4.13. The van der Waals surface area contributed by atoms with Crippen molar-refractivity contribution < 1.29 is 9.90 Å². The standard InChI is InChI=1S/C13H16BrNO2/c14-11-3-1-2-10(6-11)7-12(13(16)17)15-8-9-4-5-9/h1-3,6,9,12,15H,4-5,7-8H2,(H,16,17)/t12-/m0/s1. The lowest BCUT2D eigenvalue weighted by Gasteiger charge is -2.14. The van der Waals surface area contributed by atoms with Crippen molar-refractivity contribution in [2.75, 3.05) is 6.54 Å². The molecule has 0 spiro atoms. The summed E-state index contributed by atoms with van der Waals surface area (Å²) in [7, 11) is 0. The Bertz CT molecular complexity index is 404. The number of carboxylic acid groups (broad SMARTS) is 1. The highest BCUT2D eigenvalue weighted by molar-refractivity contribution is 9.10. The van der Waals surface area contributed by atoms with Crippen LogP contribution in [0.3, 0.4) is 0 Å². The number of carboxylic acids is 1. The number of hydrogen-bond donors (Lipinski definition) is 2. The first-order chi connectivity index (χ1) is 8.15. The molecular weight excluding hydrogens is 282 g/mol. The zero-order chi connectivity index (χ0) is 12.3. The van der Waals surface area contributed by atoms with E-state index in [1.165, 1.54) is 12.8 Å². The van der Waals surface area contributed by atoms with Gasteiger partial charge in [0.15, 0.2) is 0 Å². The lowest BCUT2D eigenvalue weighted by Crippen LogP contribution is -2.39. The molecule has 1 aromatic carbocycles. The van der Waals surface area contributed by atoms with Crippen LogP contribution in [-0.2, 0) is 11.2 Å². The Kier molecular flexibility index (Phi) is 4.18. The summed E-state index contributed by atoms with van der Waals surface area (Å²) in [4.78, 5) is 11.1. The van der Waals surface area contributed by atoms with Crippen LogP contribution in [0.25, 0.3) is 0 Å². The second-order valence-electron chi connectivity index (χ2n) is 4.58. The fourth-order valence-electron chi connectivity index (χ4n) is 1.78. The number of nitrogens with one attached hydrogen (secondary N) is 1. The van der Waals surface area contributed by atoms with Crippen LogP contribution in [0, 0.1) is 5.92 Å². The Labute approximate surface area is 109 Å².